The maximum atomic E-state index is 13.6. The van der Waals surface area contributed by atoms with E-state index in [1.165, 1.54) is 18.2 Å². The Bertz CT molecular complexity index is 675. The Balaban J connectivity index is 2.28. The summed E-state index contributed by atoms with van der Waals surface area (Å²) in [6.45, 7) is 1.91. The summed E-state index contributed by atoms with van der Waals surface area (Å²) in [4.78, 5) is 11.7. The van der Waals surface area contributed by atoms with Gasteiger partial charge < -0.3 is 15.8 Å². The molecular weight excluding hydrogens is 278 g/mol. The summed E-state index contributed by atoms with van der Waals surface area (Å²) in [5.41, 5.74) is 6.69. The maximum Gasteiger partial charge on any atom is 0.340 e. The standard InChI is InChI=1S/C15H14F2N2O2/c1-2-21-15(20)11-8-10(4-5-13(11)18)19-14-6-3-9(16)7-12(14)17/h3-8,19H,2,18H2,1H3. The van der Waals surface area contributed by atoms with Crippen LogP contribution in [0.1, 0.15) is 17.3 Å². The lowest BCUT2D eigenvalue weighted by molar-refractivity contribution is 0.0527. The van der Waals surface area contributed by atoms with Gasteiger partial charge in [0.2, 0.25) is 0 Å². The van der Waals surface area contributed by atoms with Gasteiger partial charge >= 0.3 is 5.97 Å². The third kappa shape index (κ3) is 3.47. The van der Waals surface area contributed by atoms with Crippen LogP contribution in [0, 0.1) is 11.6 Å². The highest BCUT2D eigenvalue weighted by atomic mass is 19.1. The van der Waals surface area contributed by atoms with Crippen LogP contribution in [0.2, 0.25) is 0 Å². The molecule has 0 aliphatic heterocycles. The Morgan fingerprint density at radius 3 is 2.67 bits per heavy atom. The van der Waals surface area contributed by atoms with Gasteiger partial charge in [-0.1, -0.05) is 0 Å². The molecule has 0 fully saturated rings. The molecule has 0 unspecified atom stereocenters. The number of nitrogens with one attached hydrogen (secondary N) is 1. The van der Waals surface area contributed by atoms with Crippen molar-refractivity contribution in [2.24, 2.45) is 0 Å². The van der Waals surface area contributed by atoms with Gasteiger partial charge in [-0.05, 0) is 37.3 Å². The summed E-state index contributed by atoms with van der Waals surface area (Å²) in [6.07, 6.45) is 0. The summed E-state index contributed by atoms with van der Waals surface area (Å²) in [5, 5.41) is 2.76. The molecule has 0 amide bonds. The summed E-state index contributed by atoms with van der Waals surface area (Å²) in [6, 6.07) is 7.72. The van der Waals surface area contributed by atoms with Gasteiger partial charge in [-0.3, -0.25) is 0 Å². The van der Waals surface area contributed by atoms with Crippen LogP contribution in [0.15, 0.2) is 36.4 Å². The highest BCUT2D eigenvalue weighted by molar-refractivity contribution is 5.96. The Hall–Kier alpha value is -2.63. The van der Waals surface area contributed by atoms with Crippen molar-refractivity contribution in [3.8, 4) is 0 Å². The van der Waals surface area contributed by atoms with Crippen molar-refractivity contribution >= 4 is 23.0 Å². The first kappa shape index (κ1) is 14.8. The van der Waals surface area contributed by atoms with Gasteiger partial charge in [0.15, 0.2) is 0 Å². The van der Waals surface area contributed by atoms with E-state index in [2.05, 4.69) is 5.32 Å². The molecule has 0 bridgehead atoms. The number of carbonyl (C=O) groups excluding carboxylic acids is 1. The van der Waals surface area contributed by atoms with Crippen LogP contribution in [-0.4, -0.2) is 12.6 Å². The fraction of sp³-hybridized carbons (Fsp3) is 0.133. The maximum absolute atomic E-state index is 13.6. The average Bonchev–Trinajstić information content (AvgIpc) is 2.44. The zero-order chi connectivity index (χ0) is 15.4. The first-order chi connectivity index (χ1) is 10.0. The number of halogens is 2. The number of nitrogen functional groups attached to an aromatic ring is 1. The van der Waals surface area contributed by atoms with E-state index in [4.69, 9.17) is 10.5 Å². The van der Waals surface area contributed by atoms with Crippen LogP contribution >= 0.6 is 0 Å². The predicted octanol–water partition coefficient (Wildman–Crippen LogP) is 3.47. The number of ether oxygens (including phenoxy) is 1. The quantitative estimate of drug-likeness (QED) is 0.669. The van der Waals surface area contributed by atoms with Crippen molar-refractivity contribution < 1.29 is 18.3 Å². The van der Waals surface area contributed by atoms with E-state index >= 15 is 0 Å². The van der Waals surface area contributed by atoms with Crippen LogP contribution in [0.25, 0.3) is 0 Å². The first-order valence-electron chi connectivity index (χ1n) is 6.30. The minimum atomic E-state index is -0.732. The molecule has 0 saturated heterocycles. The highest BCUT2D eigenvalue weighted by Crippen LogP contribution is 2.24. The van der Waals surface area contributed by atoms with Gasteiger partial charge in [-0.15, -0.1) is 0 Å². The van der Waals surface area contributed by atoms with Crippen molar-refractivity contribution in [3.63, 3.8) is 0 Å². The fourth-order valence-corrected chi connectivity index (χ4v) is 1.77. The monoisotopic (exact) mass is 292 g/mol. The van der Waals surface area contributed by atoms with E-state index in [0.29, 0.717) is 5.69 Å². The smallest absolute Gasteiger partial charge is 0.340 e. The van der Waals surface area contributed by atoms with Crippen molar-refractivity contribution in [2.45, 2.75) is 6.92 Å². The number of benzene rings is 2. The second-order valence-electron chi connectivity index (χ2n) is 4.27. The van der Waals surface area contributed by atoms with Gasteiger partial charge in [0.25, 0.3) is 0 Å². The molecule has 2 aromatic carbocycles. The Kier molecular flexibility index (Phi) is 4.37. The zero-order valence-electron chi connectivity index (χ0n) is 11.3. The van der Waals surface area contributed by atoms with E-state index in [1.54, 1.807) is 13.0 Å². The molecular formula is C15H14F2N2O2. The molecule has 2 rings (SSSR count). The predicted molar refractivity (Wildman–Crippen MR) is 76.5 cm³/mol. The molecule has 0 radical (unpaired) electrons. The lowest BCUT2D eigenvalue weighted by Gasteiger charge is -2.11. The second kappa shape index (κ2) is 6.21. The second-order valence-corrected chi connectivity index (χ2v) is 4.27. The number of esters is 1. The van der Waals surface area contributed by atoms with Crippen molar-refractivity contribution in [2.75, 3.05) is 17.7 Å². The Morgan fingerprint density at radius 2 is 2.00 bits per heavy atom. The van der Waals surface area contributed by atoms with Crippen molar-refractivity contribution in [1.29, 1.82) is 0 Å². The van der Waals surface area contributed by atoms with Crippen LogP contribution in [0.4, 0.5) is 25.8 Å². The molecule has 2 aromatic rings. The van der Waals surface area contributed by atoms with E-state index in [0.717, 1.165) is 12.1 Å². The largest absolute Gasteiger partial charge is 0.462 e. The molecule has 0 heterocycles. The minimum absolute atomic E-state index is 0.0935. The fourth-order valence-electron chi connectivity index (χ4n) is 1.77. The molecule has 0 spiro atoms. The Morgan fingerprint density at radius 1 is 1.24 bits per heavy atom. The molecule has 0 aliphatic carbocycles. The number of anilines is 3. The number of nitrogens with two attached hydrogens (primary N) is 1. The third-order valence-electron chi connectivity index (χ3n) is 2.76. The van der Waals surface area contributed by atoms with Gasteiger partial charge in [0, 0.05) is 17.4 Å². The minimum Gasteiger partial charge on any atom is -0.462 e. The van der Waals surface area contributed by atoms with Gasteiger partial charge in [0.1, 0.15) is 11.6 Å². The first-order valence-corrected chi connectivity index (χ1v) is 6.30. The van der Waals surface area contributed by atoms with Crippen LogP contribution in [0.3, 0.4) is 0 Å². The summed E-state index contributed by atoms with van der Waals surface area (Å²) >= 11 is 0. The van der Waals surface area contributed by atoms with Gasteiger partial charge in [-0.25, -0.2) is 13.6 Å². The van der Waals surface area contributed by atoms with Crippen molar-refractivity contribution in [1.82, 2.24) is 0 Å². The zero-order valence-corrected chi connectivity index (χ0v) is 11.3. The third-order valence-corrected chi connectivity index (χ3v) is 2.76. The van der Waals surface area contributed by atoms with Gasteiger partial charge in [0.05, 0.1) is 17.9 Å². The molecule has 0 saturated carbocycles. The molecule has 21 heavy (non-hydrogen) atoms. The number of hydrogen-bond donors (Lipinski definition) is 2. The average molecular weight is 292 g/mol. The normalized spacial score (nSPS) is 10.2. The van der Waals surface area contributed by atoms with Gasteiger partial charge in [-0.2, -0.15) is 0 Å². The summed E-state index contributed by atoms with van der Waals surface area (Å²) in [7, 11) is 0. The number of carbonyl (C=O) groups is 1. The van der Waals surface area contributed by atoms with E-state index in [1.807, 2.05) is 0 Å². The molecule has 4 nitrogen and oxygen atoms in total. The van der Waals surface area contributed by atoms with Crippen LogP contribution < -0.4 is 11.1 Å². The molecule has 0 aromatic heterocycles. The summed E-state index contributed by atoms with van der Waals surface area (Å²) in [5.74, 6) is -1.95. The lowest BCUT2D eigenvalue weighted by atomic mass is 10.1. The SMILES string of the molecule is CCOC(=O)c1cc(Nc2ccc(F)cc2F)ccc1N. The topological polar surface area (TPSA) is 64.3 Å². The molecule has 6 heteroatoms. The molecule has 110 valence electrons. The summed E-state index contributed by atoms with van der Waals surface area (Å²) < 4.78 is 31.3. The van der Waals surface area contributed by atoms with Crippen LogP contribution in [0.5, 0.6) is 0 Å². The lowest BCUT2D eigenvalue weighted by Crippen LogP contribution is -2.08. The van der Waals surface area contributed by atoms with E-state index < -0.39 is 17.6 Å². The molecule has 3 N–H and O–H groups in total. The van der Waals surface area contributed by atoms with Crippen LogP contribution in [-0.2, 0) is 4.74 Å². The van der Waals surface area contributed by atoms with E-state index in [-0.39, 0.29) is 23.5 Å². The number of rotatable bonds is 4. The highest BCUT2D eigenvalue weighted by Gasteiger charge is 2.12. The molecule has 0 aliphatic rings. The molecule has 0 atom stereocenters. The van der Waals surface area contributed by atoms with E-state index in [9.17, 15) is 13.6 Å². The van der Waals surface area contributed by atoms with Crippen molar-refractivity contribution in [3.05, 3.63) is 53.6 Å². The Labute approximate surface area is 120 Å². The number of hydrogen-bond acceptors (Lipinski definition) is 4.